The molecule has 1 atom stereocenters. The molecule has 2 rings (SSSR count). The smallest absolute Gasteiger partial charge is 0.0871 e. The molecule has 0 spiro atoms. The van der Waals surface area contributed by atoms with Gasteiger partial charge in [0, 0.05) is 34.1 Å². The molecule has 1 N–H and O–H groups in total. The van der Waals surface area contributed by atoms with Crippen LogP contribution in [-0.2, 0) is 13.5 Å². The Balaban J connectivity index is 2.18. The second kappa shape index (κ2) is 4.69. The van der Waals surface area contributed by atoms with Crippen molar-refractivity contribution in [3.63, 3.8) is 0 Å². The first kappa shape index (κ1) is 11.8. The van der Waals surface area contributed by atoms with Crippen molar-refractivity contribution in [2.45, 2.75) is 19.4 Å². The molecule has 1 unspecified atom stereocenters. The van der Waals surface area contributed by atoms with Crippen LogP contribution in [0.15, 0.2) is 22.1 Å². The fraction of sp³-hybridized carbons (Fsp3) is 0.364. The minimum atomic E-state index is -0.483. The molecule has 5 heteroatoms. The van der Waals surface area contributed by atoms with Gasteiger partial charge in [-0.25, -0.2) is 0 Å². The molecule has 0 saturated carbocycles. The van der Waals surface area contributed by atoms with Gasteiger partial charge in [-0.3, -0.25) is 4.68 Å². The van der Waals surface area contributed by atoms with E-state index in [2.05, 4.69) is 21.0 Å². The molecule has 0 radical (unpaired) electrons. The Hall–Kier alpha value is -0.650. The summed E-state index contributed by atoms with van der Waals surface area (Å²) < 4.78 is 2.85. The molecule has 86 valence electrons. The molecule has 0 aliphatic carbocycles. The summed E-state index contributed by atoms with van der Waals surface area (Å²) in [6.45, 7) is 1.97. The van der Waals surface area contributed by atoms with Crippen molar-refractivity contribution in [2.75, 3.05) is 0 Å². The summed E-state index contributed by atoms with van der Waals surface area (Å²) in [6, 6.07) is 2.00. The molecule has 2 aromatic heterocycles. The number of thiophene rings is 1. The van der Waals surface area contributed by atoms with Gasteiger partial charge in [0.15, 0.2) is 0 Å². The summed E-state index contributed by atoms with van der Waals surface area (Å²) in [5, 5.41) is 16.3. The van der Waals surface area contributed by atoms with E-state index in [1.54, 1.807) is 22.2 Å². The van der Waals surface area contributed by atoms with E-state index in [1.807, 2.05) is 25.4 Å². The van der Waals surface area contributed by atoms with Crippen molar-refractivity contribution < 1.29 is 5.11 Å². The number of nitrogens with zero attached hydrogens (tertiary/aromatic N) is 2. The second-order valence-electron chi connectivity index (χ2n) is 3.72. The molecule has 2 heterocycles. The first-order valence-corrected chi connectivity index (χ1v) is 6.65. The molecular weight excluding hydrogens is 288 g/mol. The van der Waals surface area contributed by atoms with Gasteiger partial charge in [0.2, 0.25) is 0 Å². The SMILES string of the molecule is Cc1c(C(O)Cc2sccc2Br)cnn1C. The van der Waals surface area contributed by atoms with Gasteiger partial charge >= 0.3 is 0 Å². The van der Waals surface area contributed by atoms with E-state index in [4.69, 9.17) is 0 Å². The van der Waals surface area contributed by atoms with Crippen LogP contribution in [0.25, 0.3) is 0 Å². The molecule has 0 amide bonds. The van der Waals surface area contributed by atoms with Crippen molar-refractivity contribution in [3.05, 3.63) is 38.3 Å². The van der Waals surface area contributed by atoms with Gasteiger partial charge in [-0.05, 0) is 34.3 Å². The highest BCUT2D eigenvalue weighted by atomic mass is 79.9. The Morgan fingerprint density at radius 3 is 2.88 bits per heavy atom. The van der Waals surface area contributed by atoms with Gasteiger partial charge in [0.25, 0.3) is 0 Å². The molecule has 16 heavy (non-hydrogen) atoms. The van der Waals surface area contributed by atoms with Crippen molar-refractivity contribution >= 4 is 27.3 Å². The van der Waals surface area contributed by atoms with E-state index in [0.29, 0.717) is 6.42 Å². The van der Waals surface area contributed by atoms with Crippen LogP contribution < -0.4 is 0 Å². The standard InChI is InChI=1S/C11H13BrN2OS/c1-7-8(6-13-14(7)2)10(15)5-11-9(12)3-4-16-11/h3-4,6,10,15H,5H2,1-2H3. The molecule has 0 aliphatic heterocycles. The molecule has 0 bridgehead atoms. The Kier molecular flexibility index (Phi) is 3.47. The fourth-order valence-corrected chi connectivity index (χ4v) is 3.15. The lowest BCUT2D eigenvalue weighted by Crippen LogP contribution is -2.03. The van der Waals surface area contributed by atoms with Gasteiger partial charge in [-0.2, -0.15) is 5.10 Å². The maximum Gasteiger partial charge on any atom is 0.0871 e. The maximum absolute atomic E-state index is 10.1. The lowest BCUT2D eigenvalue weighted by atomic mass is 10.1. The predicted molar refractivity (Wildman–Crippen MR) is 68.6 cm³/mol. The first-order chi connectivity index (χ1) is 7.59. The van der Waals surface area contributed by atoms with Gasteiger partial charge in [0.1, 0.15) is 0 Å². The monoisotopic (exact) mass is 300 g/mol. The van der Waals surface area contributed by atoms with Gasteiger partial charge < -0.3 is 5.11 Å². The Morgan fingerprint density at radius 2 is 2.38 bits per heavy atom. The van der Waals surface area contributed by atoms with E-state index in [0.717, 1.165) is 20.6 Å². The lowest BCUT2D eigenvalue weighted by Gasteiger charge is -2.09. The Labute approximate surface area is 107 Å². The molecule has 0 aromatic carbocycles. The minimum Gasteiger partial charge on any atom is -0.388 e. The summed E-state index contributed by atoms with van der Waals surface area (Å²) >= 11 is 5.12. The predicted octanol–water partition coefficient (Wildman–Crippen LogP) is 2.83. The van der Waals surface area contributed by atoms with Crippen LogP contribution in [0.5, 0.6) is 0 Å². The average Bonchev–Trinajstić information content (AvgIpc) is 2.77. The fourth-order valence-electron chi connectivity index (χ4n) is 1.60. The third kappa shape index (κ3) is 2.21. The quantitative estimate of drug-likeness (QED) is 0.946. The van der Waals surface area contributed by atoms with Crippen LogP contribution in [0.3, 0.4) is 0 Å². The van der Waals surface area contributed by atoms with E-state index in [-0.39, 0.29) is 0 Å². The van der Waals surface area contributed by atoms with Crippen LogP contribution in [0.1, 0.15) is 22.2 Å². The van der Waals surface area contributed by atoms with Crippen LogP contribution in [0, 0.1) is 6.92 Å². The van der Waals surface area contributed by atoms with Crippen molar-refractivity contribution in [2.24, 2.45) is 7.05 Å². The van der Waals surface area contributed by atoms with E-state index < -0.39 is 6.10 Å². The average molecular weight is 301 g/mol. The maximum atomic E-state index is 10.1. The van der Waals surface area contributed by atoms with Gasteiger partial charge in [0.05, 0.1) is 12.3 Å². The Bertz CT molecular complexity index is 492. The lowest BCUT2D eigenvalue weighted by molar-refractivity contribution is 0.178. The van der Waals surface area contributed by atoms with Crippen LogP contribution in [0.4, 0.5) is 0 Å². The third-order valence-electron chi connectivity index (χ3n) is 2.70. The van der Waals surface area contributed by atoms with E-state index in [1.165, 1.54) is 0 Å². The zero-order chi connectivity index (χ0) is 11.7. The number of hydrogen-bond donors (Lipinski definition) is 1. The highest BCUT2D eigenvalue weighted by Crippen LogP contribution is 2.28. The number of hydrogen-bond acceptors (Lipinski definition) is 3. The summed E-state index contributed by atoms with van der Waals surface area (Å²) in [6.07, 6.45) is 1.88. The summed E-state index contributed by atoms with van der Waals surface area (Å²) in [5.74, 6) is 0. The second-order valence-corrected chi connectivity index (χ2v) is 5.58. The number of aliphatic hydroxyl groups excluding tert-OH is 1. The van der Waals surface area contributed by atoms with Gasteiger partial charge in [-0.1, -0.05) is 0 Å². The summed E-state index contributed by atoms with van der Waals surface area (Å²) in [5.41, 5.74) is 1.92. The van der Waals surface area contributed by atoms with Crippen molar-refractivity contribution in [1.29, 1.82) is 0 Å². The molecular formula is C11H13BrN2OS. The molecule has 3 nitrogen and oxygen atoms in total. The van der Waals surface area contributed by atoms with Crippen molar-refractivity contribution in [3.8, 4) is 0 Å². The highest BCUT2D eigenvalue weighted by molar-refractivity contribution is 9.10. The van der Waals surface area contributed by atoms with Crippen molar-refractivity contribution in [1.82, 2.24) is 9.78 Å². The zero-order valence-electron chi connectivity index (χ0n) is 9.14. The minimum absolute atomic E-state index is 0.483. The topological polar surface area (TPSA) is 38.1 Å². The van der Waals surface area contributed by atoms with Crippen LogP contribution in [-0.4, -0.2) is 14.9 Å². The molecule has 0 saturated heterocycles. The molecule has 2 aromatic rings. The molecule has 0 fully saturated rings. The number of rotatable bonds is 3. The normalized spacial score (nSPS) is 13.0. The zero-order valence-corrected chi connectivity index (χ0v) is 11.5. The van der Waals surface area contributed by atoms with E-state index in [9.17, 15) is 5.11 Å². The number of aromatic nitrogens is 2. The largest absolute Gasteiger partial charge is 0.388 e. The number of halogens is 1. The summed E-state index contributed by atoms with van der Waals surface area (Å²) in [4.78, 5) is 1.16. The van der Waals surface area contributed by atoms with Gasteiger partial charge in [-0.15, -0.1) is 11.3 Å². The number of aliphatic hydroxyl groups is 1. The van der Waals surface area contributed by atoms with Crippen LogP contribution in [0.2, 0.25) is 0 Å². The Morgan fingerprint density at radius 1 is 1.62 bits per heavy atom. The number of aryl methyl sites for hydroxylation is 1. The summed E-state index contributed by atoms with van der Waals surface area (Å²) in [7, 11) is 1.88. The highest BCUT2D eigenvalue weighted by Gasteiger charge is 2.16. The van der Waals surface area contributed by atoms with Crippen LogP contribution >= 0.6 is 27.3 Å². The first-order valence-electron chi connectivity index (χ1n) is 4.98. The third-order valence-corrected chi connectivity index (χ3v) is 4.65. The van der Waals surface area contributed by atoms with E-state index >= 15 is 0 Å². The molecule has 0 aliphatic rings.